The number of nitrogens with one attached hydrogen (secondary N) is 2. The quantitative estimate of drug-likeness (QED) is 0.747. The molecule has 1 amide bonds. The molecule has 102 valence electrons. The van der Waals surface area contributed by atoms with Crippen LogP contribution in [0.3, 0.4) is 0 Å². The lowest BCUT2D eigenvalue weighted by Crippen LogP contribution is -2.29. The molecular weight excluding hydrogens is 240 g/mol. The van der Waals surface area contributed by atoms with E-state index in [0.29, 0.717) is 0 Å². The molecule has 2 unspecified atom stereocenters. The Balaban J connectivity index is 1.89. The maximum atomic E-state index is 12.0. The number of fused-ring (bicyclic) bond motifs is 1. The molecule has 2 atom stereocenters. The molecule has 2 aliphatic heterocycles. The van der Waals surface area contributed by atoms with E-state index < -0.39 is 6.10 Å². The van der Waals surface area contributed by atoms with Crippen LogP contribution < -0.4 is 10.6 Å². The third kappa shape index (κ3) is 2.51. The Morgan fingerprint density at radius 3 is 2.95 bits per heavy atom. The second-order valence-corrected chi connectivity index (χ2v) is 5.42. The summed E-state index contributed by atoms with van der Waals surface area (Å²) in [4.78, 5) is 12.0. The number of carbonyl (C=O) groups is 1. The Labute approximate surface area is 113 Å². The molecule has 0 aliphatic carbocycles. The molecule has 19 heavy (non-hydrogen) atoms. The minimum atomic E-state index is -0.524. The smallest absolute Gasteiger partial charge is 0.251 e. The highest BCUT2D eigenvalue weighted by Gasteiger charge is 2.25. The molecule has 4 nitrogen and oxygen atoms in total. The molecule has 3 rings (SSSR count). The second kappa shape index (κ2) is 5.31. The van der Waals surface area contributed by atoms with E-state index in [4.69, 9.17) is 0 Å². The van der Waals surface area contributed by atoms with Gasteiger partial charge in [-0.15, -0.1) is 0 Å². The first kappa shape index (κ1) is 12.6. The van der Waals surface area contributed by atoms with Crippen LogP contribution in [0.2, 0.25) is 0 Å². The van der Waals surface area contributed by atoms with E-state index in [1.807, 2.05) is 18.2 Å². The van der Waals surface area contributed by atoms with Gasteiger partial charge in [0, 0.05) is 18.2 Å². The summed E-state index contributed by atoms with van der Waals surface area (Å²) in [6, 6.07) is 5.93. The molecule has 0 spiro atoms. The molecule has 2 aliphatic rings. The number of aliphatic hydroxyl groups is 1. The zero-order chi connectivity index (χ0) is 13.2. The first-order chi connectivity index (χ1) is 9.25. The molecular formula is C15H20N2O2. The van der Waals surface area contributed by atoms with E-state index in [0.717, 1.165) is 55.5 Å². The van der Waals surface area contributed by atoms with E-state index in [-0.39, 0.29) is 11.9 Å². The van der Waals surface area contributed by atoms with Gasteiger partial charge in [0.05, 0.1) is 6.10 Å². The summed E-state index contributed by atoms with van der Waals surface area (Å²) in [6.07, 6.45) is 3.47. The summed E-state index contributed by atoms with van der Waals surface area (Å²) in [5.74, 6) is -0.0130. The topological polar surface area (TPSA) is 61.4 Å². The average molecular weight is 260 g/mol. The van der Waals surface area contributed by atoms with Crippen LogP contribution in [0, 0.1) is 0 Å². The monoisotopic (exact) mass is 260 g/mol. The molecule has 1 fully saturated rings. The highest BCUT2D eigenvalue weighted by molar-refractivity contribution is 5.96. The van der Waals surface area contributed by atoms with Crippen molar-refractivity contribution in [2.75, 3.05) is 13.1 Å². The third-order valence-electron chi connectivity index (χ3n) is 4.11. The van der Waals surface area contributed by atoms with Crippen LogP contribution in [0.5, 0.6) is 0 Å². The van der Waals surface area contributed by atoms with Gasteiger partial charge in [-0.2, -0.15) is 0 Å². The molecule has 0 radical (unpaired) electrons. The predicted molar refractivity (Wildman–Crippen MR) is 73.1 cm³/mol. The van der Waals surface area contributed by atoms with Crippen molar-refractivity contribution in [1.29, 1.82) is 0 Å². The fourth-order valence-corrected chi connectivity index (χ4v) is 3.00. The molecule has 1 aromatic rings. The summed E-state index contributed by atoms with van der Waals surface area (Å²) >= 11 is 0. The molecule has 0 aromatic heterocycles. The van der Waals surface area contributed by atoms with Crippen molar-refractivity contribution in [3.05, 3.63) is 34.9 Å². The normalized spacial score (nSPS) is 24.5. The van der Waals surface area contributed by atoms with E-state index in [9.17, 15) is 9.90 Å². The average Bonchev–Trinajstić information content (AvgIpc) is 2.90. The van der Waals surface area contributed by atoms with E-state index in [1.54, 1.807) is 0 Å². The number of hydrogen-bond acceptors (Lipinski definition) is 3. The van der Waals surface area contributed by atoms with Gasteiger partial charge >= 0.3 is 0 Å². The van der Waals surface area contributed by atoms with Gasteiger partial charge in [-0.1, -0.05) is 12.1 Å². The van der Waals surface area contributed by atoms with Crippen LogP contribution in [0.1, 0.15) is 46.9 Å². The van der Waals surface area contributed by atoms with E-state index in [1.165, 1.54) is 0 Å². The number of rotatable bonds is 2. The van der Waals surface area contributed by atoms with Gasteiger partial charge in [0.15, 0.2) is 0 Å². The Morgan fingerprint density at radius 2 is 2.16 bits per heavy atom. The molecule has 4 heteroatoms. The third-order valence-corrected chi connectivity index (χ3v) is 4.11. The Kier molecular flexibility index (Phi) is 3.53. The molecule has 0 saturated carbocycles. The van der Waals surface area contributed by atoms with E-state index in [2.05, 4.69) is 10.6 Å². The lowest BCUT2D eigenvalue weighted by atomic mass is 9.95. The van der Waals surface area contributed by atoms with Crippen LogP contribution in [0.25, 0.3) is 0 Å². The summed E-state index contributed by atoms with van der Waals surface area (Å²) in [7, 11) is 0. The van der Waals surface area contributed by atoms with Gasteiger partial charge < -0.3 is 15.7 Å². The lowest BCUT2D eigenvalue weighted by molar-refractivity contribution is 0.0955. The Morgan fingerprint density at radius 1 is 1.26 bits per heavy atom. The zero-order valence-electron chi connectivity index (χ0n) is 11.0. The van der Waals surface area contributed by atoms with Gasteiger partial charge in [0.25, 0.3) is 5.91 Å². The molecule has 1 aromatic carbocycles. The van der Waals surface area contributed by atoms with Crippen LogP contribution in [0.15, 0.2) is 18.2 Å². The number of aliphatic hydroxyl groups excluding tert-OH is 1. The lowest BCUT2D eigenvalue weighted by Gasteiger charge is -2.19. The number of benzene rings is 1. The Bertz CT molecular complexity index is 481. The summed E-state index contributed by atoms with van der Waals surface area (Å²) in [6.45, 7) is 1.70. The number of aryl methyl sites for hydroxylation is 1. The van der Waals surface area contributed by atoms with Crippen molar-refractivity contribution >= 4 is 5.91 Å². The van der Waals surface area contributed by atoms with Gasteiger partial charge in [-0.25, -0.2) is 0 Å². The summed E-state index contributed by atoms with van der Waals surface area (Å²) in [5.41, 5.74) is 2.66. The standard InChI is InChI=1S/C15H20N2O2/c18-14(13-4-2-7-16-13)11-6-5-10-3-1-8-17-15(19)12(10)9-11/h5-6,9,13-14,16,18H,1-4,7-8H2,(H,17,19). The molecule has 1 saturated heterocycles. The van der Waals surface area contributed by atoms with Crippen molar-refractivity contribution < 1.29 is 9.90 Å². The largest absolute Gasteiger partial charge is 0.387 e. The highest BCUT2D eigenvalue weighted by Crippen LogP contribution is 2.26. The van der Waals surface area contributed by atoms with Crippen LogP contribution >= 0.6 is 0 Å². The van der Waals surface area contributed by atoms with Crippen molar-refractivity contribution in [1.82, 2.24) is 10.6 Å². The SMILES string of the molecule is O=C1NCCCc2ccc(C(O)C3CCCN3)cc21. The fraction of sp³-hybridized carbons (Fsp3) is 0.533. The van der Waals surface area contributed by atoms with Crippen LogP contribution in [0.4, 0.5) is 0 Å². The summed E-state index contributed by atoms with van der Waals surface area (Å²) < 4.78 is 0. The van der Waals surface area contributed by atoms with Gasteiger partial charge in [-0.05, 0) is 49.4 Å². The maximum absolute atomic E-state index is 12.0. The van der Waals surface area contributed by atoms with Gasteiger partial charge in [0.1, 0.15) is 0 Å². The predicted octanol–water partition coefficient (Wildman–Crippen LogP) is 1.15. The fourth-order valence-electron chi connectivity index (χ4n) is 3.00. The van der Waals surface area contributed by atoms with Crippen molar-refractivity contribution in [2.24, 2.45) is 0 Å². The maximum Gasteiger partial charge on any atom is 0.251 e. The van der Waals surface area contributed by atoms with Gasteiger partial charge in [0.2, 0.25) is 0 Å². The van der Waals surface area contributed by atoms with Crippen LogP contribution in [-0.4, -0.2) is 30.1 Å². The number of hydrogen-bond donors (Lipinski definition) is 3. The highest BCUT2D eigenvalue weighted by atomic mass is 16.3. The minimum absolute atomic E-state index is 0.0130. The van der Waals surface area contributed by atoms with E-state index >= 15 is 0 Å². The Hall–Kier alpha value is -1.39. The minimum Gasteiger partial charge on any atom is -0.387 e. The van der Waals surface area contributed by atoms with Gasteiger partial charge in [-0.3, -0.25) is 4.79 Å². The number of carbonyl (C=O) groups excluding carboxylic acids is 1. The molecule has 0 bridgehead atoms. The molecule has 2 heterocycles. The number of amides is 1. The molecule has 3 N–H and O–H groups in total. The zero-order valence-corrected chi connectivity index (χ0v) is 11.0. The van der Waals surface area contributed by atoms with Crippen molar-refractivity contribution in [3.8, 4) is 0 Å². The summed E-state index contributed by atoms with van der Waals surface area (Å²) in [5, 5.41) is 16.6. The first-order valence-corrected chi connectivity index (χ1v) is 7.08. The second-order valence-electron chi connectivity index (χ2n) is 5.42. The van der Waals surface area contributed by atoms with Crippen LogP contribution in [-0.2, 0) is 6.42 Å². The first-order valence-electron chi connectivity index (χ1n) is 7.08. The van der Waals surface area contributed by atoms with Crippen molar-refractivity contribution in [3.63, 3.8) is 0 Å². The van der Waals surface area contributed by atoms with Crippen molar-refractivity contribution in [2.45, 2.75) is 37.8 Å².